The molecular weight excluding hydrogens is 346 g/mol. The summed E-state index contributed by atoms with van der Waals surface area (Å²) in [5.74, 6) is 1.10. The third-order valence-corrected chi connectivity index (χ3v) is 4.90. The van der Waals surface area contributed by atoms with Crippen molar-refractivity contribution in [3.63, 3.8) is 0 Å². The second kappa shape index (κ2) is 7.13. The number of imidazole rings is 1. The minimum Gasteiger partial charge on any atom is -0.383 e. The van der Waals surface area contributed by atoms with Crippen LogP contribution in [0.2, 0.25) is 0 Å². The molecule has 0 saturated heterocycles. The first kappa shape index (κ1) is 17.3. The van der Waals surface area contributed by atoms with Gasteiger partial charge in [-0.1, -0.05) is 11.2 Å². The molecule has 0 unspecified atom stereocenters. The molecule has 1 N–H and O–H groups in total. The summed E-state index contributed by atoms with van der Waals surface area (Å²) in [6.45, 7) is 0.475. The zero-order valence-corrected chi connectivity index (χ0v) is 14.5. The van der Waals surface area contributed by atoms with Gasteiger partial charge in [0, 0.05) is 38.7 Å². The highest BCUT2D eigenvalue weighted by atomic mass is 32.2. The van der Waals surface area contributed by atoms with Gasteiger partial charge >= 0.3 is 0 Å². The average molecular weight is 363 g/mol. The van der Waals surface area contributed by atoms with Gasteiger partial charge in [-0.25, -0.2) is 18.1 Å². The largest absolute Gasteiger partial charge is 0.383 e. The van der Waals surface area contributed by atoms with Gasteiger partial charge in [0.25, 0.3) is 5.89 Å². The Morgan fingerprint density at radius 1 is 1.36 bits per heavy atom. The van der Waals surface area contributed by atoms with E-state index in [0.29, 0.717) is 17.2 Å². The lowest BCUT2D eigenvalue weighted by Gasteiger charge is -2.06. The van der Waals surface area contributed by atoms with Crippen molar-refractivity contribution in [2.24, 2.45) is 7.05 Å². The van der Waals surface area contributed by atoms with Crippen LogP contribution in [0.1, 0.15) is 0 Å². The van der Waals surface area contributed by atoms with Crippen molar-refractivity contribution in [2.75, 3.05) is 20.3 Å². The maximum atomic E-state index is 12.3. The summed E-state index contributed by atoms with van der Waals surface area (Å²) in [6, 6.07) is 6.29. The number of benzene rings is 1. The number of sulfonamides is 1. The van der Waals surface area contributed by atoms with Crippen LogP contribution in [-0.2, 0) is 21.8 Å². The van der Waals surface area contributed by atoms with Crippen molar-refractivity contribution in [1.29, 1.82) is 0 Å². The Bertz CT molecular complexity index is 964. The van der Waals surface area contributed by atoms with Crippen molar-refractivity contribution in [1.82, 2.24) is 24.4 Å². The average Bonchev–Trinajstić information content (AvgIpc) is 3.24. The zero-order chi connectivity index (χ0) is 17.9. The molecule has 132 valence electrons. The lowest BCUT2D eigenvalue weighted by Crippen LogP contribution is -2.27. The van der Waals surface area contributed by atoms with Gasteiger partial charge in [-0.05, 0) is 18.2 Å². The van der Waals surface area contributed by atoms with E-state index in [9.17, 15) is 8.42 Å². The topological polar surface area (TPSA) is 112 Å². The molecule has 0 saturated carbocycles. The molecule has 3 rings (SSSR count). The van der Waals surface area contributed by atoms with E-state index in [-0.39, 0.29) is 23.9 Å². The van der Waals surface area contributed by atoms with Crippen molar-refractivity contribution >= 4 is 10.0 Å². The molecule has 1 aromatic carbocycles. The zero-order valence-electron chi connectivity index (χ0n) is 13.7. The van der Waals surface area contributed by atoms with Crippen molar-refractivity contribution in [3.8, 4) is 23.1 Å². The number of nitrogens with zero attached hydrogens (tertiary/aromatic N) is 4. The van der Waals surface area contributed by atoms with Crippen molar-refractivity contribution in [2.45, 2.75) is 4.90 Å². The molecule has 0 atom stereocenters. The number of rotatable bonds is 7. The summed E-state index contributed by atoms with van der Waals surface area (Å²) in [7, 11) is -0.322. The van der Waals surface area contributed by atoms with Crippen LogP contribution in [0, 0.1) is 0 Å². The summed E-state index contributed by atoms with van der Waals surface area (Å²) >= 11 is 0. The number of aryl methyl sites for hydroxylation is 1. The molecule has 0 fully saturated rings. The van der Waals surface area contributed by atoms with Crippen LogP contribution in [0.5, 0.6) is 0 Å². The van der Waals surface area contributed by atoms with Gasteiger partial charge < -0.3 is 13.8 Å². The van der Waals surface area contributed by atoms with E-state index in [4.69, 9.17) is 9.26 Å². The Morgan fingerprint density at radius 3 is 2.92 bits per heavy atom. The quantitative estimate of drug-likeness (QED) is 0.625. The summed E-state index contributed by atoms with van der Waals surface area (Å²) in [6.07, 6.45) is 3.40. The SMILES string of the molecule is COCCNS(=O)(=O)c1cccc(-c2nc(-c3nccn3C)no2)c1. The van der Waals surface area contributed by atoms with Crippen molar-refractivity contribution in [3.05, 3.63) is 36.7 Å². The minimum atomic E-state index is -3.64. The van der Waals surface area contributed by atoms with E-state index >= 15 is 0 Å². The standard InChI is InChI=1S/C15H17N5O4S/c1-20-8-6-16-14(20)13-18-15(24-19-13)11-4-3-5-12(10-11)25(21,22)17-7-9-23-2/h3-6,8,10,17H,7,9H2,1-2H3. The van der Waals surface area contributed by atoms with Gasteiger partial charge in [-0.3, -0.25) is 0 Å². The molecule has 0 aliphatic heterocycles. The first-order valence-corrected chi connectivity index (χ1v) is 8.90. The fourth-order valence-electron chi connectivity index (χ4n) is 2.17. The summed E-state index contributed by atoms with van der Waals surface area (Å²) < 4.78 is 38.9. The number of hydrogen-bond acceptors (Lipinski definition) is 7. The molecule has 9 nitrogen and oxygen atoms in total. The van der Waals surface area contributed by atoms with E-state index < -0.39 is 10.0 Å². The first-order valence-electron chi connectivity index (χ1n) is 7.42. The lowest BCUT2D eigenvalue weighted by atomic mass is 10.2. The molecule has 10 heteroatoms. The Balaban J connectivity index is 1.87. The molecule has 0 aliphatic carbocycles. The molecule has 0 bridgehead atoms. The molecule has 25 heavy (non-hydrogen) atoms. The van der Waals surface area contributed by atoms with Crippen LogP contribution in [-0.4, -0.2) is 48.4 Å². The highest BCUT2D eigenvalue weighted by Gasteiger charge is 2.17. The molecular formula is C15H17N5O4S. The maximum absolute atomic E-state index is 12.3. The fourth-order valence-corrected chi connectivity index (χ4v) is 3.23. The normalized spacial score (nSPS) is 11.8. The highest BCUT2D eigenvalue weighted by molar-refractivity contribution is 7.89. The third-order valence-electron chi connectivity index (χ3n) is 3.44. The monoisotopic (exact) mass is 363 g/mol. The summed E-state index contributed by atoms with van der Waals surface area (Å²) in [5.41, 5.74) is 0.502. The molecule has 0 spiro atoms. The predicted octanol–water partition coefficient (Wildman–Crippen LogP) is 1.06. The van der Waals surface area contributed by atoms with Gasteiger partial charge in [0.2, 0.25) is 15.8 Å². The van der Waals surface area contributed by atoms with Gasteiger partial charge in [-0.15, -0.1) is 0 Å². The third kappa shape index (κ3) is 3.76. The Hall–Kier alpha value is -2.56. The van der Waals surface area contributed by atoms with Crippen LogP contribution in [0.4, 0.5) is 0 Å². The van der Waals surface area contributed by atoms with Gasteiger partial charge in [-0.2, -0.15) is 4.98 Å². The van der Waals surface area contributed by atoms with E-state index in [1.807, 2.05) is 7.05 Å². The van der Waals surface area contributed by atoms with Crippen LogP contribution in [0.25, 0.3) is 23.1 Å². The van der Waals surface area contributed by atoms with E-state index in [0.717, 1.165) is 0 Å². The van der Waals surface area contributed by atoms with Crippen molar-refractivity contribution < 1.29 is 17.7 Å². The number of aromatic nitrogens is 4. The van der Waals surface area contributed by atoms with E-state index in [1.54, 1.807) is 29.1 Å². The predicted molar refractivity (Wildman–Crippen MR) is 89.0 cm³/mol. The molecule has 0 amide bonds. The molecule has 3 aromatic rings. The first-order chi connectivity index (χ1) is 12.0. The Morgan fingerprint density at radius 2 is 2.20 bits per heavy atom. The second-order valence-corrected chi connectivity index (χ2v) is 6.97. The fraction of sp³-hybridized carbons (Fsp3) is 0.267. The number of hydrogen-bond donors (Lipinski definition) is 1. The summed E-state index contributed by atoms with van der Waals surface area (Å²) in [5, 5.41) is 3.90. The van der Waals surface area contributed by atoms with Crippen LogP contribution < -0.4 is 4.72 Å². The molecule has 2 heterocycles. The van der Waals surface area contributed by atoms with Gasteiger partial charge in [0.1, 0.15) is 0 Å². The second-order valence-electron chi connectivity index (χ2n) is 5.20. The summed E-state index contributed by atoms with van der Waals surface area (Å²) in [4.78, 5) is 8.55. The maximum Gasteiger partial charge on any atom is 0.258 e. The number of methoxy groups -OCH3 is 1. The van der Waals surface area contributed by atoms with Crippen LogP contribution in [0.15, 0.2) is 46.1 Å². The number of ether oxygens (including phenoxy) is 1. The molecule has 0 radical (unpaired) electrons. The van der Waals surface area contributed by atoms with Gasteiger partial charge in [0.05, 0.1) is 11.5 Å². The number of nitrogens with one attached hydrogen (secondary N) is 1. The van der Waals surface area contributed by atoms with Crippen LogP contribution in [0.3, 0.4) is 0 Å². The highest BCUT2D eigenvalue weighted by Crippen LogP contribution is 2.23. The minimum absolute atomic E-state index is 0.109. The van der Waals surface area contributed by atoms with E-state index in [2.05, 4.69) is 19.8 Å². The van der Waals surface area contributed by atoms with Crippen LogP contribution >= 0.6 is 0 Å². The smallest absolute Gasteiger partial charge is 0.258 e. The molecule has 2 aromatic heterocycles. The Labute approximate surface area is 144 Å². The Kier molecular flexibility index (Phi) is 4.93. The van der Waals surface area contributed by atoms with Gasteiger partial charge in [0.15, 0.2) is 5.82 Å². The van der Waals surface area contributed by atoms with E-state index in [1.165, 1.54) is 19.2 Å². The lowest BCUT2D eigenvalue weighted by molar-refractivity contribution is 0.204. The molecule has 0 aliphatic rings.